The zero-order valence-electron chi connectivity index (χ0n) is 21.6. The van der Waals surface area contributed by atoms with E-state index in [0.29, 0.717) is 5.56 Å². The van der Waals surface area contributed by atoms with Crippen molar-refractivity contribution < 1.29 is 9.53 Å². The first-order chi connectivity index (χ1) is 17.5. The van der Waals surface area contributed by atoms with E-state index in [9.17, 15) is 4.79 Å². The van der Waals surface area contributed by atoms with Gasteiger partial charge in [-0.1, -0.05) is 72.8 Å². The van der Waals surface area contributed by atoms with Crippen LogP contribution in [-0.2, 0) is 6.42 Å². The SMILES string of the molecule is COc1cc(C(=O)NC(CN2CCN(C)CC2)c2ccccc2)cc(C)c1C/C=C/c1ccccc1. The molecule has 1 heterocycles. The average Bonchev–Trinajstić information content (AvgIpc) is 2.91. The summed E-state index contributed by atoms with van der Waals surface area (Å²) in [7, 11) is 3.83. The fraction of sp³-hybridized carbons (Fsp3) is 0.323. The topological polar surface area (TPSA) is 44.8 Å². The summed E-state index contributed by atoms with van der Waals surface area (Å²) in [6.07, 6.45) is 4.99. The van der Waals surface area contributed by atoms with Crippen LogP contribution in [0.4, 0.5) is 0 Å². The minimum atomic E-state index is -0.0816. The highest BCUT2D eigenvalue weighted by Crippen LogP contribution is 2.26. The van der Waals surface area contributed by atoms with Crippen LogP contribution < -0.4 is 10.1 Å². The molecule has 1 N–H and O–H groups in total. The van der Waals surface area contributed by atoms with Crippen molar-refractivity contribution in [3.63, 3.8) is 0 Å². The van der Waals surface area contributed by atoms with Gasteiger partial charge < -0.3 is 15.0 Å². The number of nitrogens with zero attached hydrogens (tertiary/aromatic N) is 2. The van der Waals surface area contributed by atoms with Crippen LogP contribution in [0.25, 0.3) is 6.08 Å². The summed E-state index contributed by atoms with van der Waals surface area (Å²) in [5, 5.41) is 3.31. The zero-order valence-corrected chi connectivity index (χ0v) is 21.6. The fourth-order valence-corrected chi connectivity index (χ4v) is 4.69. The molecule has 1 aliphatic heterocycles. The van der Waals surface area contributed by atoms with Gasteiger partial charge in [-0.05, 0) is 49.2 Å². The van der Waals surface area contributed by atoms with Gasteiger partial charge in [0, 0.05) is 43.9 Å². The highest BCUT2D eigenvalue weighted by atomic mass is 16.5. The molecule has 188 valence electrons. The maximum atomic E-state index is 13.4. The summed E-state index contributed by atoms with van der Waals surface area (Å²) in [4.78, 5) is 18.2. The van der Waals surface area contributed by atoms with Crippen molar-refractivity contribution >= 4 is 12.0 Å². The number of aryl methyl sites for hydroxylation is 1. The van der Waals surface area contributed by atoms with E-state index >= 15 is 0 Å². The largest absolute Gasteiger partial charge is 0.496 e. The molecule has 1 aliphatic rings. The van der Waals surface area contributed by atoms with E-state index in [0.717, 1.165) is 67.1 Å². The first-order valence-corrected chi connectivity index (χ1v) is 12.7. The number of allylic oxidation sites excluding steroid dienone is 1. The molecular formula is C31H37N3O2. The Bertz CT molecular complexity index is 1150. The maximum Gasteiger partial charge on any atom is 0.251 e. The molecule has 1 saturated heterocycles. The van der Waals surface area contributed by atoms with Gasteiger partial charge in [0.25, 0.3) is 5.91 Å². The van der Waals surface area contributed by atoms with E-state index in [1.54, 1.807) is 7.11 Å². The minimum Gasteiger partial charge on any atom is -0.496 e. The van der Waals surface area contributed by atoms with Gasteiger partial charge in [0.05, 0.1) is 13.2 Å². The quantitative estimate of drug-likeness (QED) is 0.466. The number of amides is 1. The number of hydrogen-bond donors (Lipinski definition) is 1. The van der Waals surface area contributed by atoms with Crippen LogP contribution in [0.2, 0.25) is 0 Å². The molecule has 3 aromatic carbocycles. The number of hydrogen-bond acceptors (Lipinski definition) is 4. The van der Waals surface area contributed by atoms with Crippen molar-refractivity contribution in [1.82, 2.24) is 15.1 Å². The maximum absolute atomic E-state index is 13.4. The first kappa shape index (κ1) is 25.7. The molecule has 0 aromatic heterocycles. The normalized spacial score (nSPS) is 15.6. The Hall–Kier alpha value is -3.41. The lowest BCUT2D eigenvalue weighted by atomic mass is 9.99. The number of carbonyl (C=O) groups is 1. The molecular weight excluding hydrogens is 446 g/mol. The molecule has 5 heteroatoms. The van der Waals surface area contributed by atoms with Crippen molar-refractivity contribution in [2.45, 2.75) is 19.4 Å². The molecule has 1 unspecified atom stereocenters. The van der Waals surface area contributed by atoms with Crippen molar-refractivity contribution in [2.75, 3.05) is 46.9 Å². The van der Waals surface area contributed by atoms with Gasteiger partial charge in [0.15, 0.2) is 0 Å². The molecule has 0 bridgehead atoms. The molecule has 4 rings (SSSR count). The zero-order chi connectivity index (χ0) is 25.3. The summed E-state index contributed by atoms with van der Waals surface area (Å²) in [5.41, 5.74) is 5.05. The lowest BCUT2D eigenvalue weighted by Gasteiger charge is -2.35. The van der Waals surface area contributed by atoms with Crippen LogP contribution in [-0.4, -0.2) is 62.6 Å². The smallest absolute Gasteiger partial charge is 0.251 e. The molecule has 0 radical (unpaired) electrons. The molecule has 1 atom stereocenters. The summed E-state index contributed by atoms with van der Waals surface area (Å²) in [5.74, 6) is 0.666. The summed E-state index contributed by atoms with van der Waals surface area (Å²) in [6.45, 7) is 6.95. The van der Waals surface area contributed by atoms with Crippen LogP contribution in [0.15, 0.2) is 78.9 Å². The number of piperazine rings is 1. The lowest BCUT2D eigenvalue weighted by Crippen LogP contribution is -2.47. The Labute approximate surface area is 215 Å². The Balaban J connectivity index is 1.50. The summed E-state index contributed by atoms with van der Waals surface area (Å²) >= 11 is 0. The van der Waals surface area contributed by atoms with Gasteiger partial charge in [-0.15, -0.1) is 0 Å². The molecule has 0 spiro atoms. The second-order valence-electron chi connectivity index (χ2n) is 9.53. The van der Waals surface area contributed by atoms with Crippen molar-refractivity contribution in [3.8, 4) is 5.75 Å². The van der Waals surface area contributed by atoms with Crippen LogP contribution in [0, 0.1) is 6.92 Å². The lowest BCUT2D eigenvalue weighted by molar-refractivity contribution is 0.0907. The van der Waals surface area contributed by atoms with Crippen molar-refractivity contribution in [2.24, 2.45) is 0 Å². The Morgan fingerprint density at radius 1 is 1.00 bits per heavy atom. The Kier molecular flexibility index (Phi) is 8.93. The monoisotopic (exact) mass is 483 g/mol. The molecule has 36 heavy (non-hydrogen) atoms. The van der Waals surface area contributed by atoms with Gasteiger partial charge in [-0.3, -0.25) is 9.69 Å². The second kappa shape index (κ2) is 12.5. The molecule has 1 fully saturated rings. The molecule has 0 saturated carbocycles. The third kappa shape index (κ3) is 6.84. The summed E-state index contributed by atoms with van der Waals surface area (Å²) in [6, 6.07) is 24.3. The predicted octanol–water partition coefficient (Wildman–Crippen LogP) is 4.98. The van der Waals surface area contributed by atoms with E-state index in [4.69, 9.17) is 4.74 Å². The first-order valence-electron chi connectivity index (χ1n) is 12.7. The van der Waals surface area contributed by atoms with Crippen LogP contribution >= 0.6 is 0 Å². The summed E-state index contributed by atoms with van der Waals surface area (Å²) < 4.78 is 5.71. The Morgan fingerprint density at radius 2 is 1.67 bits per heavy atom. The fourth-order valence-electron chi connectivity index (χ4n) is 4.69. The number of rotatable bonds is 9. The van der Waals surface area contributed by atoms with E-state index in [2.05, 4.69) is 58.6 Å². The highest BCUT2D eigenvalue weighted by molar-refractivity contribution is 5.95. The minimum absolute atomic E-state index is 0.0780. The predicted molar refractivity (Wildman–Crippen MR) is 147 cm³/mol. The van der Waals surface area contributed by atoms with Crippen LogP contribution in [0.3, 0.4) is 0 Å². The van der Waals surface area contributed by atoms with E-state index in [1.165, 1.54) is 0 Å². The van der Waals surface area contributed by atoms with Gasteiger partial charge in [-0.25, -0.2) is 0 Å². The van der Waals surface area contributed by atoms with E-state index in [-0.39, 0.29) is 11.9 Å². The third-order valence-corrected chi connectivity index (χ3v) is 6.89. The molecule has 3 aromatic rings. The van der Waals surface area contributed by atoms with Gasteiger partial charge in [0.1, 0.15) is 5.75 Å². The van der Waals surface area contributed by atoms with Crippen molar-refractivity contribution in [1.29, 1.82) is 0 Å². The number of methoxy groups -OCH3 is 1. The van der Waals surface area contributed by atoms with Gasteiger partial charge >= 0.3 is 0 Å². The number of benzene rings is 3. The molecule has 0 aliphatic carbocycles. The van der Waals surface area contributed by atoms with E-state index < -0.39 is 0 Å². The average molecular weight is 484 g/mol. The number of carbonyl (C=O) groups excluding carboxylic acids is 1. The standard InChI is InChI=1S/C31H37N3O2/c1-24-21-27(22-30(36-3)28(24)16-10-13-25-11-6-4-7-12-25)31(35)32-29(26-14-8-5-9-15-26)23-34-19-17-33(2)18-20-34/h4-15,21-22,29H,16-20,23H2,1-3H3,(H,32,35)/b13-10+. The van der Waals surface area contributed by atoms with Crippen LogP contribution in [0.5, 0.6) is 5.75 Å². The van der Waals surface area contributed by atoms with E-state index in [1.807, 2.05) is 55.5 Å². The number of nitrogens with one attached hydrogen (secondary N) is 1. The third-order valence-electron chi connectivity index (χ3n) is 6.89. The molecule has 5 nitrogen and oxygen atoms in total. The highest BCUT2D eigenvalue weighted by Gasteiger charge is 2.22. The number of ether oxygens (including phenoxy) is 1. The van der Waals surface area contributed by atoms with Gasteiger partial charge in [0.2, 0.25) is 0 Å². The Morgan fingerprint density at radius 3 is 2.33 bits per heavy atom. The van der Waals surface area contributed by atoms with Crippen LogP contribution in [0.1, 0.15) is 38.7 Å². The second-order valence-corrected chi connectivity index (χ2v) is 9.53. The number of likely N-dealkylation sites (N-methyl/N-ethyl adjacent to an activating group) is 1. The van der Waals surface area contributed by atoms with Gasteiger partial charge in [-0.2, -0.15) is 0 Å². The molecule has 1 amide bonds. The van der Waals surface area contributed by atoms with Crippen molar-refractivity contribution in [3.05, 3.63) is 107 Å².